The van der Waals surface area contributed by atoms with E-state index in [9.17, 15) is 5.11 Å². The fourth-order valence-electron chi connectivity index (χ4n) is 1.86. The molecule has 0 aromatic carbocycles. The average molecular weight is 217 g/mol. The number of anilines is 1. The Morgan fingerprint density at radius 2 is 2.44 bits per heavy atom. The normalized spacial score (nSPS) is 18.6. The molecule has 4 heteroatoms. The molecule has 0 spiro atoms. The highest BCUT2D eigenvalue weighted by atomic mass is 16.3. The van der Waals surface area contributed by atoms with Crippen LogP contribution in [0.2, 0.25) is 0 Å². The van der Waals surface area contributed by atoms with Gasteiger partial charge in [0.1, 0.15) is 11.9 Å². The van der Waals surface area contributed by atoms with Gasteiger partial charge in [-0.25, -0.2) is 4.98 Å². The molecule has 1 saturated carbocycles. The van der Waals surface area contributed by atoms with Gasteiger partial charge >= 0.3 is 0 Å². The lowest BCUT2D eigenvalue weighted by molar-refractivity contribution is 0.205. The summed E-state index contributed by atoms with van der Waals surface area (Å²) < 4.78 is 0. The molecule has 2 N–H and O–H groups in total. The Morgan fingerprint density at radius 1 is 1.69 bits per heavy atom. The fourth-order valence-corrected chi connectivity index (χ4v) is 1.86. The van der Waals surface area contributed by atoms with Crippen molar-refractivity contribution in [3.63, 3.8) is 0 Å². The molecule has 4 nitrogen and oxygen atoms in total. The van der Waals surface area contributed by atoms with Gasteiger partial charge < -0.3 is 10.4 Å². The second-order valence-corrected chi connectivity index (χ2v) is 4.49. The topological polar surface area (TPSA) is 68.9 Å². The van der Waals surface area contributed by atoms with Crippen LogP contribution in [0, 0.1) is 17.2 Å². The summed E-state index contributed by atoms with van der Waals surface area (Å²) in [7, 11) is 0. The summed E-state index contributed by atoms with van der Waals surface area (Å²) in [5.41, 5.74) is 0.155. The molecule has 2 rings (SSSR count). The highest BCUT2D eigenvalue weighted by Gasteiger charge is 2.41. The maximum absolute atomic E-state index is 9.45. The van der Waals surface area contributed by atoms with E-state index in [-0.39, 0.29) is 12.1 Å². The van der Waals surface area contributed by atoms with Gasteiger partial charge in [-0.3, -0.25) is 0 Å². The summed E-state index contributed by atoms with van der Waals surface area (Å²) in [6, 6.07) is 5.55. The number of nitrogens with one attached hydrogen (secondary N) is 1. The fraction of sp³-hybridized carbons (Fsp3) is 0.500. The van der Waals surface area contributed by atoms with E-state index in [4.69, 9.17) is 5.26 Å². The Balaban J connectivity index is 2.22. The van der Waals surface area contributed by atoms with E-state index in [1.165, 1.54) is 0 Å². The van der Waals surface area contributed by atoms with Gasteiger partial charge in [-0.1, -0.05) is 0 Å². The van der Waals surface area contributed by atoms with Gasteiger partial charge in [-0.15, -0.1) is 0 Å². The molecule has 1 fully saturated rings. The van der Waals surface area contributed by atoms with E-state index in [0.717, 1.165) is 12.8 Å². The number of rotatable bonds is 4. The summed E-state index contributed by atoms with van der Waals surface area (Å²) in [5.74, 6) is 1.04. The van der Waals surface area contributed by atoms with Crippen molar-refractivity contribution in [2.24, 2.45) is 5.92 Å². The van der Waals surface area contributed by atoms with Crippen molar-refractivity contribution < 1.29 is 5.11 Å². The first-order chi connectivity index (χ1) is 7.69. The minimum absolute atomic E-state index is 0.0547. The van der Waals surface area contributed by atoms with Crippen LogP contribution in [0.4, 0.5) is 5.82 Å². The highest BCUT2D eigenvalue weighted by Crippen LogP contribution is 2.41. The molecule has 84 valence electrons. The maximum atomic E-state index is 9.45. The molecule has 16 heavy (non-hydrogen) atoms. The molecule has 0 amide bonds. The highest BCUT2D eigenvalue weighted by molar-refractivity contribution is 5.53. The second kappa shape index (κ2) is 4.11. The van der Waals surface area contributed by atoms with Crippen molar-refractivity contribution in [3.05, 3.63) is 23.9 Å². The van der Waals surface area contributed by atoms with Crippen LogP contribution in [0.15, 0.2) is 18.3 Å². The summed E-state index contributed by atoms with van der Waals surface area (Å²) in [5, 5.41) is 21.6. The van der Waals surface area contributed by atoms with Gasteiger partial charge in [-0.05, 0) is 37.8 Å². The molecule has 1 aliphatic rings. The zero-order valence-corrected chi connectivity index (χ0v) is 9.27. The molecule has 1 aliphatic carbocycles. The largest absolute Gasteiger partial charge is 0.394 e. The van der Waals surface area contributed by atoms with Crippen molar-refractivity contribution in [1.29, 1.82) is 5.26 Å². The molecule has 1 atom stereocenters. The first-order valence-electron chi connectivity index (χ1n) is 5.44. The summed E-state index contributed by atoms with van der Waals surface area (Å²) >= 11 is 0. The zero-order valence-electron chi connectivity index (χ0n) is 9.27. The van der Waals surface area contributed by atoms with Crippen LogP contribution in [-0.4, -0.2) is 22.2 Å². The van der Waals surface area contributed by atoms with Crippen molar-refractivity contribution in [2.45, 2.75) is 25.3 Å². The van der Waals surface area contributed by atoms with Gasteiger partial charge in [0.05, 0.1) is 17.7 Å². The lowest BCUT2D eigenvalue weighted by Gasteiger charge is -2.29. The minimum Gasteiger partial charge on any atom is -0.394 e. The van der Waals surface area contributed by atoms with Gasteiger partial charge in [0.25, 0.3) is 0 Å². The van der Waals surface area contributed by atoms with Crippen molar-refractivity contribution in [1.82, 2.24) is 4.98 Å². The number of nitriles is 1. The number of aliphatic hydroxyl groups excluding tert-OH is 1. The third-order valence-electron chi connectivity index (χ3n) is 3.14. The predicted octanol–water partition coefficient (Wildman–Crippen LogP) is 1.53. The molecule has 0 bridgehead atoms. The third-order valence-corrected chi connectivity index (χ3v) is 3.14. The standard InChI is InChI=1S/C12H15N3O/c1-12(8-16,10-4-5-10)15-11-9(7-13)3-2-6-14-11/h2-3,6,10,16H,4-5,8H2,1H3,(H,14,15). The molecule has 1 aromatic heterocycles. The number of hydrogen-bond acceptors (Lipinski definition) is 4. The number of pyridine rings is 1. The maximum Gasteiger partial charge on any atom is 0.144 e. The Morgan fingerprint density at radius 3 is 3.00 bits per heavy atom. The molecule has 1 aromatic rings. The van der Waals surface area contributed by atoms with E-state index in [1.54, 1.807) is 18.3 Å². The van der Waals surface area contributed by atoms with Crippen LogP contribution in [0.1, 0.15) is 25.3 Å². The Kier molecular flexibility index (Phi) is 2.80. The van der Waals surface area contributed by atoms with E-state index in [0.29, 0.717) is 17.3 Å². The second-order valence-electron chi connectivity index (χ2n) is 4.49. The van der Waals surface area contributed by atoms with Crippen LogP contribution in [0.3, 0.4) is 0 Å². The molecule has 0 aliphatic heterocycles. The SMILES string of the molecule is CC(CO)(Nc1ncccc1C#N)C1CC1. The summed E-state index contributed by atoms with van der Waals surface area (Å²) in [6.45, 7) is 2.03. The first kappa shape index (κ1) is 10.9. The van der Waals surface area contributed by atoms with Gasteiger partial charge in [0, 0.05) is 6.20 Å². The van der Waals surface area contributed by atoms with Crippen LogP contribution in [0.5, 0.6) is 0 Å². The zero-order chi connectivity index (χ0) is 11.6. The number of aromatic nitrogens is 1. The molecular weight excluding hydrogens is 202 g/mol. The molecule has 1 heterocycles. The summed E-state index contributed by atoms with van der Waals surface area (Å²) in [6.07, 6.45) is 3.89. The smallest absolute Gasteiger partial charge is 0.144 e. The predicted molar refractivity (Wildman–Crippen MR) is 60.8 cm³/mol. The lowest BCUT2D eigenvalue weighted by Crippen LogP contribution is -2.41. The molecule has 0 saturated heterocycles. The van der Waals surface area contributed by atoms with Gasteiger partial charge in [-0.2, -0.15) is 5.26 Å². The Labute approximate surface area is 94.9 Å². The van der Waals surface area contributed by atoms with Crippen LogP contribution >= 0.6 is 0 Å². The number of aliphatic hydroxyl groups is 1. The lowest BCUT2D eigenvalue weighted by atomic mass is 9.97. The monoisotopic (exact) mass is 217 g/mol. The minimum atomic E-state index is -0.361. The van der Waals surface area contributed by atoms with E-state index < -0.39 is 0 Å². The van der Waals surface area contributed by atoms with Crippen LogP contribution < -0.4 is 5.32 Å². The van der Waals surface area contributed by atoms with Crippen molar-refractivity contribution >= 4 is 5.82 Å². The average Bonchev–Trinajstić information content (AvgIpc) is 3.14. The van der Waals surface area contributed by atoms with Crippen LogP contribution in [0.25, 0.3) is 0 Å². The van der Waals surface area contributed by atoms with Crippen molar-refractivity contribution in [2.75, 3.05) is 11.9 Å². The quantitative estimate of drug-likeness (QED) is 0.802. The van der Waals surface area contributed by atoms with Crippen LogP contribution in [-0.2, 0) is 0 Å². The Hall–Kier alpha value is -1.60. The first-order valence-corrected chi connectivity index (χ1v) is 5.44. The molecular formula is C12H15N3O. The van der Waals surface area contributed by atoms with E-state index in [2.05, 4.69) is 16.4 Å². The van der Waals surface area contributed by atoms with E-state index >= 15 is 0 Å². The Bertz CT molecular complexity index is 423. The molecule has 0 radical (unpaired) electrons. The van der Waals surface area contributed by atoms with Gasteiger partial charge in [0.15, 0.2) is 0 Å². The van der Waals surface area contributed by atoms with Crippen molar-refractivity contribution in [3.8, 4) is 6.07 Å². The number of nitrogens with zero attached hydrogens (tertiary/aromatic N) is 2. The number of hydrogen-bond donors (Lipinski definition) is 2. The summed E-state index contributed by atoms with van der Waals surface area (Å²) in [4.78, 5) is 4.15. The molecule has 1 unspecified atom stereocenters. The third kappa shape index (κ3) is 2.00. The van der Waals surface area contributed by atoms with Gasteiger partial charge in [0.2, 0.25) is 0 Å². The van der Waals surface area contributed by atoms with E-state index in [1.807, 2.05) is 6.92 Å².